The molecule has 0 unspecified atom stereocenters. The van der Waals surface area contributed by atoms with Crippen LogP contribution in [0.4, 0.5) is 0 Å². The second-order valence-corrected chi connectivity index (χ2v) is 6.88. The van der Waals surface area contributed by atoms with E-state index in [1.165, 1.54) is 6.42 Å². The number of hydrogen-bond acceptors (Lipinski definition) is 3. The lowest BCUT2D eigenvalue weighted by Crippen LogP contribution is -2.52. The zero-order valence-corrected chi connectivity index (χ0v) is 12.6. The van der Waals surface area contributed by atoms with Crippen molar-refractivity contribution in [2.45, 2.75) is 69.6 Å². The van der Waals surface area contributed by atoms with Crippen molar-refractivity contribution in [1.29, 1.82) is 0 Å². The molecule has 1 aliphatic heterocycles. The molecule has 2 fully saturated rings. The van der Waals surface area contributed by atoms with E-state index in [9.17, 15) is 10.2 Å². The quantitative estimate of drug-likeness (QED) is 0.755. The molecule has 0 aromatic carbocycles. The van der Waals surface area contributed by atoms with Crippen LogP contribution in [-0.2, 0) is 0 Å². The first-order valence-corrected chi connectivity index (χ1v) is 7.70. The predicted octanol–water partition coefficient (Wildman–Crippen LogP) is 2.33. The number of aliphatic hydroxyl groups is 2. The molecule has 0 aromatic rings. The summed E-state index contributed by atoms with van der Waals surface area (Å²) in [4.78, 5) is 2.29. The number of piperidine rings is 1. The first-order valence-electron chi connectivity index (χ1n) is 7.70. The lowest BCUT2D eigenvalue weighted by molar-refractivity contribution is -0.0441. The van der Waals surface area contributed by atoms with E-state index in [-0.39, 0.29) is 5.92 Å². The molecule has 0 radical (unpaired) electrons. The van der Waals surface area contributed by atoms with Gasteiger partial charge in [0.15, 0.2) is 0 Å². The van der Waals surface area contributed by atoms with Crippen molar-refractivity contribution in [3.8, 4) is 0 Å². The average Bonchev–Trinajstić information content (AvgIpc) is 2.36. The third-order valence-corrected chi connectivity index (χ3v) is 5.19. The van der Waals surface area contributed by atoms with Gasteiger partial charge in [0, 0.05) is 18.5 Å². The van der Waals surface area contributed by atoms with E-state index in [4.69, 9.17) is 0 Å². The highest BCUT2D eigenvalue weighted by Crippen LogP contribution is 2.35. The van der Waals surface area contributed by atoms with Crippen LogP contribution in [-0.4, -0.2) is 45.9 Å². The summed E-state index contributed by atoms with van der Waals surface area (Å²) in [5.74, 6) is 0.206. The van der Waals surface area contributed by atoms with Crippen molar-refractivity contribution in [3.05, 3.63) is 12.2 Å². The zero-order valence-electron chi connectivity index (χ0n) is 12.6. The van der Waals surface area contributed by atoms with Crippen LogP contribution in [0.3, 0.4) is 0 Å². The van der Waals surface area contributed by atoms with Gasteiger partial charge in [0.25, 0.3) is 0 Å². The molecule has 3 nitrogen and oxygen atoms in total. The van der Waals surface area contributed by atoms with Crippen molar-refractivity contribution in [2.24, 2.45) is 5.92 Å². The van der Waals surface area contributed by atoms with Gasteiger partial charge in [0.2, 0.25) is 0 Å². The van der Waals surface area contributed by atoms with Crippen molar-refractivity contribution >= 4 is 0 Å². The Morgan fingerprint density at radius 2 is 1.68 bits per heavy atom. The molecule has 3 heteroatoms. The second-order valence-electron chi connectivity index (χ2n) is 6.88. The van der Waals surface area contributed by atoms with Crippen LogP contribution in [0, 0.1) is 5.92 Å². The van der Waals surface area contributed by atoms with Crippen molar-refractivity contribution in [3.63, 3.8) is 0 Å². The van der Waals surface area contributed by atoms with E-state index in [0.717, 1.165) is 38.6 Å². The standard InChI is InChI=1S/C16H29NO2/c1-13-12-17(3)14(2)11-16(13,19)10-9-15(18)7-5-4-6-8-15/h9-10,13-14,18-19H,4-8,11-12H2,1-3H3/b10-9+/t13-,14+,16+/m0/s1. The summed E-state index contributed by atoms with van der Waals surface area (Å²) in [7, 11) is 2.11. The normalized spacial score (nSPS) is 40.7. The van der Waals surface area contributed by atoms with Crippen LogP contribution in [0.25, 0.3) is 0 Å². The minimum absolute atomic E-state index is 0.206. The first-order chi connectivity index (χ1) is 8.85. The lowest BCUT2D eigenvalue weighted by Gasteiger charge is -2.44. The van der Waals surface area contributed by atoms with Gasteiger partial charge in [-0.2, -0.15) is 0 Å². The Kier molecular flexibility index (Phi) is 4.38. The molecule has 19 heavy (non-hydrogen) atoms. The van der Waals surface area contributed by atoms with E-state index in [1.807, 2.05) is 12.2 Å². The highest BCUT2D eigenvalue weighted by atomic mass is 16.3. The largest absolute Gasteiger partial charge is 0.386 e. The van der Waals surface area contributed by atoms with Crippen LogP contribution in [0.5, 0.6) is 0 Å². The fourth-order valence-corrected chi connectivity index (χ4v) is 3.46. The van der Waals surface area contributed by atoms with Crippen LogP contribution in [0.15, 0.2) is 12.2 Å². The molecule has 0 amide bonds. The molecule has 1 aliphatic carbocycles. The maximum Gasteiger partial charge on any atom is 0.0881 e. The Labute approximate surface area is 117 Å². The van der Waals surface area contributed by atoms with E-state index < -0.39 is 11.2 Å². The number of rotatable bonds is 2. The summed E-state index contributed by atoms with van der Waals surface area (Å²) < 4.78 is 0. The summed E-state index contributed by atoms with van der Waals surface area (Å²) in [6, 6.07) is 0.381. The lowest BCUT2D eigenvalue weighted by atomic mass is 9.77. The fraction of sp³-hybridized carbons (Fsp3) is 0.875. The molecule has 1 heterocycles. The highest BCUT2D eigenvalue weighted by molar-refractivity contribution is 5.13. The number of likely N-dealkylation sites (tertiary alicyclic amines) is 1. The molecule has 1 saturated carbocycles. The maximum absolute atomic E-state index is 10.8. The topological polar surface area (TPSA) is 43.7 Å². The monoisotopic (exact) mass is 267 g/mol. The molecule has 0 aromatic heterocycles. The Bertz CT molecular complexity index is 336. The SMILES string of the molecule is C[C@@H]1C[C@](O)(/C=C/C2(O)CCCCC2)[C@@H](C)CN1C. The third-order valence-electron chi connectivity index (χ3n) is 5.19. The summed E-state index contributed by atoms with van der Waals surface area (Å²) in [5.41, 5.74) is -1.45. The molecular weight excluding hydrogens is 238 g/mol. The molecule has 1 saturated heterocycles. The number of nitrogens with zero attached hydrogens (tertiary/aromatic N) is 1. The molecule has 3 atom stereocenters. The predicted molar refractivity (Wildman–Crippen MR) is 78.0 cm³/mol. The van der Waals surface area contributed by atoms with Gasteiger partial charge in [-0.15, -0.1) is 0 Å². The number of hydrogen-bond donors (Lipinski definition) is 2. The van der Waals surface area contributed by atoms with Crippen LogP contribution in [0.1, 0.15) is 52.4 Å². The Morgan fingerprint density at radius 1 is 1.05 bits per heavy atom. The van der Waals surface area contributed by atoms with Gasteiger partial charge in [-0.05, 0) is 33.2 Å². The van der Waals surface area contributed by atoms with Gasteiger partial charge in [0.1, 0.15) is 0 Å². The van der Waals surface area contributed by atoms with E-state index in [2.05, 4.69) is 25.8 Å². The Hall–Kier alpha value is -0.380. The Morgan fingerprint density at radius 3 is 2.32 bits per heavy atom. The van der Waals surface area contributed by atoms with Gasteiger partial charge in [-0.25, -0.2) is 0 Å². The van der Waals surface area contributed by atoms with Crippen LogP contribution >= 0.6 is 0 Å². The van der Waals surface area contributed by atoms with Crippen molar-refractivity contribution in [2.75, 3.05) is 13.6 Å². The minimum Gasteiger partial charge on any atom is -0.386 e. The van der Waals surface area contributed by atoms with Crippen LogP contribution in [0.2, 0.25) is 0 Å². The van der Waals surface area contributed by atoms with E-state index in [1.54, 1.807) is 0 Å². The van der Waals surface area contributed by atoms with Crippen LogP contribution < -0.4 is 0 Å². The Balaban J connectivity index is 2.07. The molecule has 2 N–H and O–H groups in total. The molecule has 0 spiro atoms. The maximum atomic E-state index is 10.8. The van der Waals surface area contributed by atoms with E-state index in [0.29, 0.717) is 6.04 Å². The molecule has 0 bridgehead atoms. The highest BCUT2D eigenvalue weighted by Gasteiger charge is 2.40. The zero-order chi connectivity index (χ0) is 14.1. The first kappa shape index (κ1) is 15.0. The molecular formula is C16H29NO2. The summed E-state index contributed by atoms with van der Waals surface area (Å²) in [6.45, 7) is 5.15. The molecule has 2 rings (SSSR count). The van der Waals surface area contributed by atoms with Crippen molar-refractivity contribution in [1.82, 2.24) is 4.90 Å². The summed E-state index contributed by atoms with van der Waals surface area (Å²) in [6.07, 6.45) is 9.61. The summed E-state index contributed by atoms with van der Waals surface area (Å²) >= 11 is 0. The minimum atomic E-state index is -0.765. The van der Waals surface area contributed by atoms with Gasteiger partial charge in [0.05, 0.1) is 11.2 Å². The fourth-order valence-electron chi connectivity index (χ4n) is 3.46. The molecule has 110 valence electrons. The second kappa shape index (κ2) is 5.55. The van der Waals surface area contributed by atoms with Crippen molar-refractivity contribution < 1.29 is 10.2 Å². The van der Waals surface area contributed by atoms with E-state index >= 15 is 0 Å². The average molecular weight is 267 g/mol. The molecule has 2 aliphatic rings. The van der Waals surface area contributed by atoms with Gasteiger partial charge >= 0.3 is 0 Å². The summed E-state index contributed by atoms with van der Waals surface area (Å²) in [5, 5.41) is 21.4. The third kappa shape index (κ3) is 3.39. The van der Waals surface area contributed by atoms with Gasteiger partial charge < -0.3 is 15.1 Å². The van der Waals surface area contributed by atoms with Gasteiger partial charge in [-0.3, -0.25) is 0 Å². The van der Waals surface area contributed by atoms with Gasteiger partial charge in [-0.1, -0.05) is 38.3 Å². The smallest absolute Gasteiger partial charge is 0.0881 e.